The van der Waals surface area contributed by atoms with Gasteiger partial charge < -0.3 is 0 Å². The van der Waals surface area contributed by atoms with Crippen LogP contribution in [0.3, 0.4) is 0 Å². The predicted molar refractivity (Wildman–Crippen MR) is 114 cm³/mol. The number of hydroxylamine groups is 2. The summed E-state index contributed by atoms with van der Waals surface area (Å²) >= 11 is 0. The second kappa shape index (κ2) is 10.6. The molecule has 1 saturated carbocycles. The molecule has 0 unspecified atom stereocenters. The molecule has 28 heavy (non-hydrogen) atoms. The van der Waals surface area contributed by atoms with E-state index in [0.717, 1.165) is 44.4 Å². The summed E-state index contributed by atoms with van der Waals surface area (Å²) < 4.78 is 0. The third kappa shape index (κ3) is 5.25. The Morgan fingerprint density at radius 3 is 2.75 bits per heavy atom. The van der Waals surface area contributed by atoms with Crippen LogP contribution in [0.2, 0.25) is 0 Å². The molecule has 0 radical (unpaired) electrons. The fraction of sp³-hybridized carbons (Fsp3) is 0.833. The molecule has 0 saturated heterocycles. The molecule has 0 aliphatic heterocycles. The Hall–Kier alpha value is -1.16. The van der Waals surface area contributed by atoms with Crippen LogP contribution in [-0.4, -0.2) is 30.9 Å². The van der Waals surface area contributed by atoms with Crippen molar-refractivity contribution in [1.82, 2.24) is 5.06 Å². The van der Waals surface area contributed by atoms with E-state index in [1.54, 1.807) is 7.05 Å². The number of nitrogens with zero attached hydrogens (tertiary/aromatic N) is 1. The topological polar surface area (TPSA) is 46.6 Å². The number of unbranched alkanes of at least 4 members (excludes halogenated alkanes) is 1. The zero-order chi connectivity index (χ0) is 20.7. The van der Waals surface area contributed by atoms with Gasteiger partial charge in [0.25, 0.3) is 0 Å². The molecule has 0 heterocycles. The van der Waals surface area contributed by atoms with Gasteiger partial charge in [0.15, 0.2) is 0 Å². The van der Waals surface area contributed by atoms with E-state index in [2.05, 4.69) is 26.8 Å². The molecule has 4 heteroatoms. The minimum atomic E-state index is 0.0511. The summed E-state index contributed by atoms with van der Waals surface area (Å²) in [5, 5.41) is 1.33. The molecular weight excluding hydrogens is 350 g/mol. The normalized spacial score (nSPS) is 28.5. The highest BCUT2D eigenvalue weighted by atomic mass is 16.7. The number of allylic oxidation sites excluding steroid dienone is 2. The zero-order valence-electron chi connectivity index (χ0n) is 18.8. The molecule has 2 aliphatic carbocycles. The number of carbonyl (C=O) groups is 2. The van der Waals surface area contributed by atoms with Crippen molar-refractivity contribution in [1.29, 1.82) is 0 Å². The summed E-state index contributed by atoms with van der Waals surface area (Å²) in [6.07, 6.45) is 13.4. The summed E-state index contributed by atoms with van der Waals surface area (Å²) in [6.45, 7) is 7.05. The lowest BCUT2D eigenvalue weighted by atomic mass is 9.53. The molecule has 2 aliphatic rings. The molecule has 0 aromatic rings. The van der Waals surface area contributed by atoms with Crippen molar-refractivity contribution in [2.75, 3.05) is 14.2 Å². The van der Waals surface area contributed by atoms with Crippen molar-refractivity contribution in [3.05, 3.63) is 11.6 Å². The van der Waals surface area contributed by atoms with Gasteiger partial charge in [-0.1, -0.05) is 58.1 Å². The van der Waals surface area contributed by atoms with Gasteiger partial charge in [-0.05, 0) is 48.9 Å². The van der Waals surface area contributed by atoms with Crippen molar-refractivity contribution in [3.8, 4) is 0 Å². The lowest BCUT2D eigenvalue weighted by molar-refractivity contribution is -0.168. The van der Waals surface area contributed by atoms with Crippen LogP contribution in [0.1, 0.15) is 91.4 Å². The molecule has 0 N–H and O–H groups in total. The van der Waals surface area contributed by atoms with Crippen LogP contribution in [0, 0.1) is 23.2 Å². The quantitative estimate of drug-likeness (QED) is 0.272. The van der Waals surface area contributed by atoms with Crippen molar-refractivity contribution >= 4 is 11.7 Å². The fourth-order valence-electron chi connectivity index (χ4n) is 5.75. The van der Waals surface area contributed by atoms with Crippen LogP contribution in [0.5, 0.6) is 0 Å². The summed E-state index contributed by atoms with van der Waals surface area (Å²) in [5.41, 5.74) is 1.58. The van der Waals surface area contributed by atoms with Crippen LogP contribution in [0.15, 0.2) is 11.6 Å². The average Bonchev–Trinajstić information content (AvgIpc) is 2.69. The van der Waals surface area contributed by atoms with Gasteiger partial charge in [0.05, 0.1) is 7.11 Å². The first-order valence-corrected chi connectivity index (χ1v) is 11.4. The number of fused-ring (bicyclic) bond motifs is 1. The molecule has 4 atom stereocenters. The first-order chi connectivity index (χ1) is 13.4. The van der Waals surface area contributed by atoms with E-state index in [1.165, 1.54) is 37.0 Å². The Labute approximate surface area is 172 Å². The van der Waals surface area contributed by atoms with Gasteiger partial charge in [-0.3, -0.25) is 14.4 Å². The second-order valence-corrected chi connectivity index (χ2v) is 9.14. The lowest BCUT2D eigenvalue weighted by Crippen LogP contribution is -2.43. The van der Waals surface area contributed by atoms with Crippen LogP contribution in [-0.2, 0) is 14.4 Å². The smallest absolute Gasteiger partial charge is 0.245 e. The van der Waals surface area contributed by atoms with Crippen molar-refractivity contribution in [2.24, 2.45) is 23.2 Å². The predicted octanol–water partition coefficient (Wildman–Crippen LogP) is 5.71. The third-order valence-corrected chi connectivity index (χ3v) is 7.59. The Balaban J connectivity index is 2.10. The minimum absolute atomic E-state index is 0.0511. The fourth-order valence-corrected chi connectivity index (χ4v) is 5.75. The Morgan fingerprint density at radius 1 is 1.36 bits per heavy atom. The minimum Gasteiger partial charge on any atom is -0.299 e. The molecule has 0 bridgehead atoms. The highest BCUT2D eigenvalue weighted by molar-refractivity contribution is 5.82. The Bertz CT molecular complexity index is 570. The number of hydrogen-bond acceptors (Lipinski definition) is 3. The van der Waals surface area contributed by atoms with E-state index in [0.29, 0.717) is 30.5 Å². The number of carbonyl (C=O) groups excluding carboxylic acids is 2. The second-order valence-electron chi connectivity index (χ2n) is 9.14. The van der Waals surface area contributed by atoms with Gasteiger partial charge in [0.2, 0.25) is 5.91 Å². The number of ketones is 1. The summed E-state index contributed by atoms with van der Waals surface area (Å²) in [4.78, 5) is 29.1. The molecule has 0 aromatic carbocycles. The highest BCUT2D eigenvalue weighted by Crippen LogP contribution is 2.55. The maximum atomic E-state index is 12.1. The van der Waals surface area contributed by atoms with Crippen molar-refractivity contribution in [2.45, 2.75) is 91.4 Å². The van der Waals surface area contributed by atoms with Crippen LogP contribution in [0.4, 0.5) is 0 Å². The molecular formula is C24H41NO3. The largest absolute Gasteiger partial charge is 0.299 e. The first kappa shape index (κ1) is 23.1. The van der Waals surface area contributed by atoms with E-state index >= 15 is 0 Å². The van der Waals surface area contributed by atoms with Gasteiger partial charge in [0.1, 0.15) is 5.78 Å². The van der Waals surface area contributed by atoms with E-state index in [-0.39, 0.29) is 11.3 Å². The van der Waals surface area contributed by atoms with Gasteiger partial charge in [-0.15, -0.1) is 0 Å². The number of hydrogen-bond donors (Lipinski definition) is 0. The maximum absolute atomic E-state index is 12.1. The van der Waals surface area contributed by atoms with Gasteiger partial charge in [-0.25, -0.2) is 5.06 Å². The lowest BCUT2D eigenvalue weighted by Gasteiger charge is -2.51. The summed E-state index contributed by atoms with van der Waals surface area (Å²) in [7, 11) is 3.20. The highest BCUT2D eigenvalue weighted by Gasteiger charge is 2.47. The SMILES string of the molecule is CCC[C@H](CC)[C@@H]1CC=C2CC(=O)CC[C@]2(C)[C@H]1CCCCC(=O)N(C)OC. The van der Waals surface area contributed by atoms with E-state index in [9.17, 15) is 9.59 Å². The Kier molecular flexibility index (Phi) is 8.73. The number of rotatable bonds is 10. The number of amides is 1. The summed E-state index contributed by atoms with van der Waals surface area (Å²) in [5.74, 6) is 2.57. The van der Waals surface area contributed by atoms with E-state index < -0.39 is 0 Å². The zero-order valence-corrected chi connectivity index (χ0v) is 18.8. The van der Waals surface area contributed by atoms with Crippen LogP contribution in [0.25, 0.3) is 0 Å². The van der Waals surface area contributed by atoms with E-state index in [4.69, 9.17) is 4.84 Å². The Morgan fingerprint density at radius 2 is 2.11 bits per heavy atom. The third-order valence-electron chi connectivity index (χ3n) is 7.59. The first-order valence-electron chi connectivity index (χ1n) is 11.4. The molecule has 4 nitrogen and oxygen atoms in total. The van der Waals surface area contributed by atoms with E-state index in [1.807, 2.05) is 0 Å². The molecule has 1 fully saturated rings. The monoisotopic (exact) mass is 391 g/mol. The molecule has 0 aromatic heterocycles. The van der Waals surface area contributed by atoms with Crippen LogP contribution >= 0.6 is 0 Å². The van der Waals surface area contributed by atoms with Gasteiger partial charge >= 0.3 is 0 Å². The van der Waals surface area contributed by atoms with Crippen molar-refractivity contribution < 1.29 is 14.4 Å². The van der Waals surface area contributed by atoms with Crippen LogP contribution < -0.4 is 0 Å². The maximum Gasteiger partial charge on any atom is 0.245 e. The average molecular weight is 392 g/mol. The van der Waals surface area contributed by atoms with Crippen molar-refractivity contribution in [3.63, 3.8) is 0 Å². The molecule has 0 spiro atoms. The van der Waals surface area contributed by atoms with Gasteiger partial charge in [-0.2, -0.15) is 0 Å². The molecule has 1 amide bonds. The summed E-state index contributed by atoms with van der Waals surface area (Å²) in [6, 6.07) is 0. The standard InChI is InChI=1S/C24H41NO3/c1-6-10-18(7-2)21-14-13-19-17-20(26)15-16-24(19,3)22(21)11-8-9-12-23(27)25(4)28-5/h13,18,21-22H,6-12,14-17H2,1-5H3/t18-,21-,22-,24-/m0/s1. The van der Waals surface area contributed by atoms with Gasteiger partial charge in [0, 0.05) is 26.3 Å². The molecule has 160 valence electrons. The molecule has 2 rings (SSSR count). The number of Topliss-reactive ketones (excluding diaryl/α,β-unsaturated/α-hetero) is 1.